The Hall–Kier alpha value is -5.50. The summed E-state index contributed by atoms with van der Waals surface area (Å²) < 4.78 is 30.8. The topological polar surface area (TPSA) is 56.5 Å². The van der Waals surface area contributed by atoms with Crippen molar-refractivity contribution in [1.29, 1.82) is 0 Å². The quantitative estimate of drug-likeness (QED) is 0.168. The molecule has 0 amide bonds. The molecule has 0 aliphatic carbocycles. The van der Waals surface area contributed by atoms with Gasteiger partial charge in [0.2, 0.25) is 13.6 Å². The fourth-order valence-electron chi connectivity index (χ4n) is 8.55. The van der Waals surface area contributed by atoms with Gasteiger partial charge in [0.05, 0.1) is 22.7 Å². The SMILES string of the molecule is Cc1cc(C(C)(C)C)cc(C)c1N1c2cccc3c2B(c2cc4c(cc2N3c2ccc3c(c2)OCO3)OCO4)c2oc3ccc(C(C)(C)C)cc3c21. The van der Waals surface area contributed by atoms with Crippen LogP contribution in [-0.4, -0.2) is 20.3 Å². The summed E-state index contributed by atoms with van der Waals surface area (Å²) in [6, 6.07) is 28.5. The molecule has 6 aromatic rings. The summed E-state index contributed by atoms with van der Waals surface area (Å²) in [4.78, 5) is 4.80. The lowest BCUT2D eigenvalue weighted by Crippen LogP contribution is -2.61. The fraction of sp³-hybridized carbons (Fsp3) is 0.273. The Morgan fingerprint density at radius 3 is 1.90 bits per heavy atom. The first kappa shape index (κ1) is 31.3. The molecule has 260 valence electrons. The van der Waals surface area contributed by atoms with Gasteiger partial charge in [0.1, 0.15) is 5.58 Å². The van der Waals surface area contributed by atoms with Crippen LogP contribution in [0.5, 0.6) is 23.0 Å². The van der Waals surface area contributed by atoms with Crippen molar-refractivity contribution in [3.05, 3.63) is 101 Å². The summed E-state index contributed by atoms with van der Waals surface area (Å²) >= 11 is 0. The van der Waals surface area contributed by atoms with Crippen molar-refractivity contribution in [2.75, 3.05) is 23.4 Å². The Bertz CT molecular complexity index is 2480. The first-order valence-corrected chi connectivity index (χ1v) is 18.1. The molecule has 0 fully saturated rings. The van der Waals surface area contributed by atoms with E-state index in [1.54, 1.807) is 0 Å². The van der Waals surface area contributed by atoms with Crippen molar-refractivity contribution in [2.45, 2.75) is 66.2 Å². The van der Waals surface area contributed by atoms with E-state index in [2.05, 4.69) is 138 Å². The van der Waals surface area contributed by atoms with Gasteiger partial charge in [-0.1, -0.05) is 65.8 Å². The van der Waals surface area contributed by atoms with E-state index in [4.69, 9.17) is 23.4 Å². The number of hydrogen-bond acceptors (Lipinski definition) is 7. The van der Waals surface area contributed by atoms with Gasteiger partial charge in [-0.05, 0) is 100 Å². The summed E-state index contributed by atoms with van der Waals surface area (Å²) in [5.41, 5.74) is 15.5. The third kappa shape index (κ3) is 4.39. The molecule has 8 heteroatoms. The summed E-state index contributed by atoms with van der Waals surface area (Å²) in [7, 11) is 0. The minimum absolute atomic E-state index is 0.0168. The van der Waals surface area contributed by atoms with Crippen molar-refractivity contribution in [3.8, 4) is 23.0 Å². The fourth-order valence-corrected chi connectivity index (χ4v) is 8.55. The molecule has 5 aromatic carbocycles. The highest BCUT2D eigenvalue weighted by Crippen LogP contribution is 2.51. The van der Waals surface area contributed by atoms with Crippen molar-refractivity contribution in [1.82, 2.24) is 0 Å². The van der Waals surface area contributed by atoms with Gasteiger partial charge in [0, 0.05) is 34.6 Å². The molecule has 0 bridgehead atoms. The van der Waals surface area contributed by atoms with Gasteiger partial charge in [-0.3, -0.25) is 0 Å². The van der Waals surface area contributed by atoms with E-state index in [1.165, 1.54) is 33.4 Å². The molecule has 4 aliphatic rings. The molecule has 7 nitrogen and oxygen atoms in total. The molecule has 4 aliphatic heterocycles. The van der Waals surface area contributed by atoms with Gasteiger partial charge in [-0.2, -0.15) is 0 Å². The number of ether oxygens (including phenoxy) is 4. The number of furan rings is 1. The first-order chi connectivity index (χ1) is 24.9. The van der Waals surface area contributed by atoms with Crippen LogP contribution in [0.4, 0.5) is 34.1 Å². The van der Waals surface area contributed by atoms with Crippen LogP contribution in [0, 0.1) is 13.8 Å². The minimum atomic E-state index is -0.202. The van der Waals surface area contributed by atoms with Crippen molar-refractivity contribution >= 4 is 68.4 Å². The Kier molecular flexibility index (Phi) is 6.33. The molecule has 0 saturated heterocycles. The van der Waals surface area contributed by atoms with Crippen LogP contribution in [0.1, 0.15) is 63.8 Å². The van der Waals surface area contributed by atoms with E-state index < -0.39 is 0 Å². The monoisotopic (exact) mass is 688 g/mol. The van der Waals surface area contributed by atoms with E-state index in [1.807, 2.05) is 6.07 Å². The highest BCUT2D eigenvalue weighted by Gasteiger charge is 2.48. The van der Waals surface area contributed by atoms with Crippen LogP contribution in [-0.2, 0) is 10.8 Å². The number of nitrogens with zero attached hydrogens (tertiary/aromatic N) is 2. The third-order valence-corrected chi connectivity index (χ3v) is 11.1. The Labute approximate surface area is 304 Å². The summed E-state index contributed by atoms with van der Waals surface area (Å²) in [6.07, 6.45) is 0. The predicted molar refractivity (Wildman–Crippen MR) is 209 cm³/mol. The number of anilines is 6. The molecule has 0 spiro atoms. The molecule has 1 aromatic heterocycles. The zero-order valence-electron chi connectivity index (χ0n) is 30.9. The summed E-state index contributed by atoms with van der Waals surface area (Å²) in [5.74, 6) is 2.95. The zero-order chi connectivity index (χ0) is 35.8. The highest BCUT2D eigenvalue weighted by atomic mass is 16.7. The second-order valence-corrected chi connectivity index (χ2v) is 16.6. The van der Waals surface area contributed by atoms with Gasteiger partial charge in [-0.15, -0.1) is 0 Å². The predicted octanol–water partition coefficient (Wildman–Crippen LogP) is 9.18. The van der Waals surface area contributed by atoms with Gasteiger partial charge in [0.15, 0.2) is 23.0 Å². The molecule has 0 atom stereocenters. The van der Waals surface area contributed by atoms with Crippen molar-refractivity contribution < 1.29 is 23.4 Å². The van der Waals surface area contributed by atoms with E-state index in [9.17, 15) is 0 Å². The molecule has 10 rings (SSSR count). The number of fused-ring (bicyclic) bond motifs is 8. The smallest absolute Gasteiger partial charge is 0.297 e. The van der Waals surface area contributed by atoms with Crippen LogP contribution in [0.25, 0.3) is 11.0 Å². The molecule has 0 radical (unpaired) electrons. The standard InChI is InChI=1S/C44H41BN2O5/c1-24-16-27(44(6,7)8)17-25(2)40(24)47-32-11-9-10-31-39(32)45(42-41(47)29-18-26(43(3,4)5)12-14-34(29)52-42)30-20-37-38(51-23-50-37)21-33(30)46(31)28-13-15-35-36(19-28)49-22-48-35/h9-21H,22-23H2,1-8H3. The first-order valence-electron chi connectivity index (χ1n) is 18.1. The molecule has 52 heavy (non-hydrogen) atoms. The highest BCUT2D eigenvalue weighted by molar-refractivity contribution is 7.00. The minimum Gasteiger partial charge on any atom is -0.468 e. The molecule has 0 saturated carbocycles. The Morgan fingerprint density at radius 2 is 1.21 bits per heavy atom. The maximum atomic E-state index is 7.13. The van der Waals surface area contributed by atoms with Crippen LogP contribution >= 0.6 is 0 Å². The van der Waals surface area contributed by atoms with Gasteiger partial charge >= 0.3 is 0 Å². The molecular weight excluding hydrogens is 647 g/mol. The maximum Gasteiger partial charge on any atom is 0.297 e. The van der Waals surface area contributed by atoms with E-state index in [-0.39, 0.29) is 31.1 Å². The Morgan fingerprint density at radius 1 is 0.577 bits per heavy atom. The van der Waals surface area contributed by atoms with Crippen LogP contribution in [0.3, 0.4) is 0 Å². The normalized spacial score (nSPS) is 15.3. The van der Waals surface area contributed by atoms with Crippen LogP contribution < -0.4 is 45.3 Å². The lowest BCUT2D eigenvalue weighted by Gasteiger charge is -2.43. The lowest BCUT2D eigenvalue weighted by molar-refractivity contribution is 0.173. The van der Waals surface area contributed by atoms with Gasteiger partial charge in [0.25, 0.3) is 6.71 Å². The van der Waals surface area contributed by atoms with E-state index >= 15 is 0 Å². The summed E-state index contributed by atoms with van der Waals surface area (Å²) in [5, 5.41) is 1.11. The molecule has 5 heterocycles. The van der Waals surface area contributed by atoms with Gasteiger partial charge < -0.3 is 33.2 Å². The number of rotatable bonds is 2. The largest absolute Gasteiger partial charge is 0.468 e. The molecule has 0 unspecified atom stereocenters. The molecule has 0 N–H and O–H groups in total. The van der Waals surface area contributed by atoms with E-state index in [0.717, 1.165) is 73.5 Å². The van der Waals surface area contributed by atoms with Gasteiger partial charge in [-0.25, -0.2) is 0 Å². The van der Waals surface area contributed by atoms with Crippen molar-refractivity contribution in [3.63, 3.8) is 0 Å². The van der Waals surface area contributed by atoms with Crippen LogP contribution in [0.2, 0.25) is 0 Å². The number of hydrogen-bond donors (Lipinski definition) is 0. The average molecular weight is 689 g/mol. The van der Waals surface area contributed by atoms with Crippen molar-refractivity contribution in [2.24, 2.45) is 0 Å². The average Bonchev–Trinajstić information content (AvgIpc) is 3.85. The lowest BCUT2D eigenvalue weighted by atomic mass is 9.35. The Balaban J connectivity index is 1.31. The second kappa shape index (κ2) is 10.5. The number of benzene rings is 5. The maximum absolute atomic E-state index is 7.13. The zero-order valence-corrected chi connectivity index (χ0v) is 30.9. The summed E-state index contributed by atoms with van der Waals surface area (Å²) in [6.45, 7) is 18.3. The molecular formula is C44H41BN2O5. The van der Waals surface area contributed by atoms with E-state index in [0.29, 0.717) is 0 Å². The second-order valence-electron chi connectivity index (χ2n) is 16.6. The van der Waals surface area contributed by atoms with Crippen LogP contribution in [0.15, 0.2) is 83.3 Å². The number of aryl methyl sites for hydroxylation is 2. The third-order valence-electron chi connectivity index (χ3n) is 11.1.